The normalized spacial score (nSPS) is 22.4. The summed E-state index contributed by atoms with van der Waals surface area (Å²) in [5.74, 6) is -0.368. The van der Waals surface area contributed by atoms with Gasteiger partial charge in [0, 0.05) is 5.02 Å². The van der Waals surface area contributed by atoms with Crippen LogP contribution in [0.5, 0.6) is 0 Å². The zero-order valence-corrected chi connectivity index (χ0v) is 12.2. The van der Waals surface area contributed by atoms with Crippen molar-refractivity contribution in [2.45, 2.75) is 26.3 Å². The molecule has 0 spiro atoms. The summed E-state index contributed by atoms with van der Waals surface area (Å²) in [6.45, 7) is 3.92. The summed E-state index contributed by atoms with van der Waals surface area (Å²) >= 11 is 6.04. The lowest BCUT2D eigenvalue weighted by Gasteiger charge is -2.28. The van der Waals surface area contributed by atoms with Crippen molar-refractivity contribution < 1.29 is 9.59 Å². The van der Waals surface area contributed by atoms with E-state index in [-0.39, 0.29) is 23.4 Å². The van der Waals surface area contributed by atoms with Crippen molar-refractivity contribution in [2.75, 3.05) is 0 Å². The summed E-state index contributed by atoms with van der Waals surface area (Å²) in [5.41, 5.74) is 0.921. The minimum atomic E-state index is -0.476. The van der Waals surface area contributed by atoms with E-state index in [9.17, 15) is 9.59 Å². The van der Waals surface area contributed by atoms with Crippen molar-refractivity contribution >= 4 is 29.5 Å². The van der Waals surface area contributed by atoms with Gasteiger partial charge in [0.25, 0.3) is 5.91 Å². The van der Waals surface area contributed by atoms with Gasteiger partial charge in [0.1, 0.15) is 11.7 Å². The Morgan fingerprint density at radius 1 is 1.35 bits per heavy atom. The van der Waals surface area contributed by atoms with Gasteiger partial charge in [-0.3, -0.25) is 9.59 Å². The predicted molar refractivity (Wildman–Crippen MR) is 79.0 cm³/mol. The van der Waals surface area contributed by atoms with Crippen molar-refractivity contribution in [1.82, 2.24) is 10.6 Å². The summed E-state index contributed by atoms with van der Waals surface area (Å²) < 4.78 is 0. The Morgan fingerprint density at radius 3 is 2.70 bits per heavy atom. The van der Waals surface area contributed by atoms with Crippen LogP contribution in [0.15, 0.2) is 30.0 Å². The molecular weight excluding hydrogens is 276 g/mol. The first-order valence-corrected chi connectivity index (χ1v) is 6.98. The molecule has 2 amide bonds. The molecule has 4 nitrogen and oxygen atoms in total. The maximum absolute atomic E-state index is 12.0. The Morgan fingerprint density at radius 2 is 2.05 bits per heavy atom. The third kappa shape index (κ3) is 3.02. The highest BCUT2D eigenvalue weighted by molar-refractivity contribution is 6.32. The molecule has 2 atom stereocenters. The Kier molecular flexibility index (Phi) is 4.45. The van der Waals surface area contributed by atoms with Crippen LogP contribution in [0.1, 0.15) is 25.8 Å². The molecule has 1 aliphatic rings. The fourth-order valence-electron chi connectivity index (χ4n) is 2.04. The van der Waals surface area contributed by atoms with Gasteiger partial charge in [-0.15, -0.1) is 0 Å². The van der Waals surface area contributed by atoms with Crippen molar-refractivity contribution in [2.24, 2.45) is 5.92 Å². The van der Waals surface area contributed by atoms with E-state index < -0.39 is 6.04 Å². The molecule has 1 fully saturated rings. The van der Waals surface area contributed by atoms with Crippen LogP contribution in [0.4, 0.5) is 0 Å². The molecule has 0 saturated carbocycles. The first kappa shape index (κ1) is 14.6. The predicted octanol–water partition coefficient (Wildman–Crippen LogP) is 2.34. The molecule has 0 unspecified atom stereocenters. The van der Waals surface area contributed by atoms with Crippen LogP contribution in [-0.2, 0) is 9.59 Å². The van der Waals surface area contributed by atoms with E-state index >= 15 is 0 Å². The van der Waals surface area contributed by atoms with Crippen LogP contribution in [0.25, 0.3) is 6.08 Å². The topological polar surface area (TPSA) is 58.2 Å². The second kappa shape index (κ2) is 6.09. The monoisotopic (exact) mass is 292 g/mol. The van der Waals surface area contributed by atoms with Crippen LogP contribution in [-0.4, -0.2) is 17.9 Å². The van der Waals surface area contributed by atoms with Gasteiger partial charge < -0.3 is 10.6 Å². The molecular formula is C15H17ClN2O2. The Bertz CT molecular complexity index is 569. The lowest BCUT2D eigenvalue weighted by molar-refractivity contribution is -0.132. The molecule has 1 saturated heterocycles. The molecule has 1 heterocycles. The lowest BCUT2D eigenvalue weighted by Crippen LogP contribution is -2.57. The van der Waals surface area contributed by atoms with E-state index in [2.05, 4.69) is 10.6 Å². The SMILES string of the molecule is CC[C@H](C)[C@H]1NC(=O)/C(=C/c2ccccc2Cl)NC1=O. The Labute approximate surface area is 123 Å². The lowest BCUT2D eigenvalue weighted by atomic mass is 9.96. The average molecular weight is 293 g/mol. The molecule has 5 heteroatoms. The summed E-state index contributed by atoms with van der Waals surface area (Å²) in [7, 11) is 0. The highest BCUT2D eigenvalue weighted by Crippen LogP contribution is 2.19. The van der Waals surface area contributed by atoms with Gasteiger partial charge in [-0.1, -0.05) is 50.1 Å². The number of benzene rings is 1. The second-order valence-electron chi connectivity index (χ2n) is 4.91. The first-order valence-electron chi connectivity index (χ1n) is 6.61. The fourth-order valence-corrected chi connectivity index (χ4v) is 2.23. The van der Waals surface area contributed by atoms with Crippen molar-refractivity contribution in [3.05, 3.63) is 40.5 Å². The number of amides is 2. The molecule has 2 rings (SSSR count). The quantitative estimate of drug-likeness (QED) is 0.840. The summed E-state index contributed by atoms with van der Waals surface area (Å²) in [6.07, 6.45) is 2.41. The van der Waals surface area contributed by atoms with Crippen LogP contribution >= 0.6 is 11.6 Å². The van der Waals surface area contributed by atoms with E-state index in [1.807, 2.05) is 26.0 Å². The Hall–Kier alpha value is -1.81. The van der Waals surface area contributed by atoms with Crippen molar-refractivity contribution in [3.8, 4) is 0 Å². The number of nitrogens with one attached hydrogen (secondary N) is 2. The summed E-state index contributed by atoms with van der Waals surface area (Å²) in [4.78, 5) is 24.1. The molecule has 0 aliphatic carbocycles. The second-order valence-corrected chi connectivity index (χ2v) is 5.31. The van der Waals surface area contributed by atoms with Gasteiger partial charge in [0.05, 0.1) is 0 Å². The van der Waals surface area contributed by atoms with Gasteiger partial charge in [-0.25, -0.2) is 0 Å². The van der Waals surface area contributed by atoms with Gasteiger partial charge in [-0.2, -0.15) is 0 Å². The van der Waals surface area contributed by atoms with Crippen molar-refractivity contribution in [3.63, 3.8) is 0 Å². The number of piperazine rings is 1. The fraction of sp³-hybridized carbons (Fsp3) is 0.333. The number of hydrogen-bond donors (Lipinski definition) is 2. The number of carbonyl (C=O) groups excluding carboxylic acids is 2. The minimum Gasteiger partial charge on any atom is -0.339 e. The smallest absolute Gasteiger partial charge is 0.268 e. The van der Waals surface area contributed by atoms with E-state index in [0.717, 1.165) is 6.42 Å². The zero-order chi connectivity index (χ0) is 14.7. The van der Waals surface area contributed by atoms with Gasteiger partial charge in [0.15, 0.2) is 0 Å². The molecule has 1 aromatic carbocycles. The van der Waals surface area contributed by atoms with Gasteiger partial charge >= 0.3 is 0 Å². The van der Waals surface area contributed by atoms with E-state index in [4.69, 9.17) is 11.6 Å². The number of hydrogen-bond acceptors (Lipinski definition) is 2. The first-order chi connectivity index (χ1) is 9.52. The molecule has 1 aromatic rings. The maximum Gasteiger partial charge on any atom is 0.268 e. The van der Waals surface area contributed by atoms with Crippen LogP contribution in [0.3, 0.4) is 0 Å². The molecule has 20 heavy (non-hydrogen) atoms. The molecule has 106 valence electrons. The highest BCUT2D eigenvalue weighted by atomic mass is 35.5. The van der Waals surface area contributed by atoms with E-state index in [1.54, 1.807) is 18.2 Å². The summed E-state index contributed by atoms with van der Waals surface area (Å²) in [5, 5.41) is 5.94. The molecule has 0 aromatic heterocycles. The van der Waals surface area contributed by atoms with Crippen LogP contribution < -0.4 is 10.6 Å². The standard InChI is InChI=1S/C15H17ClN2O2/c1-3-9(2)13-15(20)17-12(14(19)18-13)8-10-6-4-5-7-11(10)16/h4-9,13H,3H2,1-2H3,(H,17,20)(H,18,19)/b12-8-/t9-,13+/m0/s1. The van der Waals surface area contributed by atoms with E-state index in [0.29, 0.717) is 10.6 Å². The van der Waals surface area contributed by atoms with Gasteiger partial charge in [0.2, 0.25) is 5.91 Å². The maximum atomic E-state index is 12.0. The number of halogens is 1. The molecule has 1 aliphatic heterocycles. The number of carbonyl (C=O) groups is 2. The van der Waals surface area contributed by atoms with Crippen molar-refractivity contribution in [1.29, 1.82) is 0 Å². The molecule has 0 bridgehead atoms. The zero-order valence-electron chi connectivity index (χ0n) is 11.4. The third-order valence-electron chi connectivity index (χ3n) is 3.49. The molecule has 2 N–H and O–H groups in total. The van der Waals surface area contributed by atoms with E-state index in [1.165, 1.54) is 0 Å². The minimum absolute atomic E-state index is 0.0980. The highest BCUT2D eigenvalue weighted by Gasteiger charge is 2.32. The largest absolute Gasteiger partial charge is 0.339 e. The van der Waals surface area contributed by atoms with Crippen LogP contribution in [0.2, 0.25) is 5.02 Å². The number of rotatable bonds is 3. The Balaban J connectivity index is 2.23. The van der Waals surface area contributed by atoms with Crippen LogP contribution in [0, 0.1) is 5.92 Å². The molecule has 0 radical (unpaired) electrons. The summed E-state index contributed by atoms with van der Waals surface area (Å²) in [6, 6.07) is 6.68. The van der Waals surface area contributed by atoms with Gasteiger partial charge in [-0.05, 0) is 23.6 Å². The average Bonchev–Trinajstić information content (AvgIpc) is 2.44. The third-order valence-corrected chi connectivity index (χ3v) is 3.83.